The summed E-state index contributed by atoms with van der Waals surface area (Å²) in [5, 5.41) is 2.86. The molecule has 20 heavy (non-hydrogen) atoms. The van der Waals surface area contributed by atoms with Crippen LogP contribution in [-0.4, -0.2) is 60.9 Å². The summed E-state index contributed by atoms with van der Waals surface area (Å²) in [7, 11) is 4.08. The molecule has 0 radical (unpaired) electrons. The summed E-state index contributed by atoms with van der Waals surface area (Å²) in [5.74, 6) is 0.00610. The molecule has 2 atom stereocenters. The van der Waals surface area contributed by atoms with Gasteiger partial charge in [0.2, 0.25) is 11.8 Å². The lowest BCUT2D eigenvalue weighted by atomic mass is 9.84. The monoisotopic (exact) mass is 283 g/mol. The predicted octanol–water partition coefficient (Wildman–Crippen LogP) is 1.09. The molecule has 0 bridgehead atoms. The molecular formula is C15H29N3O2. The van der Waals surface area contributed by atoms with Crippen molar-refractivity contribution in [1.82, 2.24) is 15.1 Å². The molecule has 2 amide bonds. The van der Waals surface area contributed by atoms with E-state index in [1.54, 1.807) is 11.8 Å². The van der Waals surface area contributed by atoms with E-state index in [1.165, 1.54) is 0 Å². The van der Waals surface area contributed by atoms with Gasteiger partial charge in [-0.05, 0) is 45.8 Å². The van der Waals surface area contributed by atoms with Crippen LogP contribution in [0.1, 0.15) is 40.5 Å². The highest BCUT2D eigenvalue weighted by atomic mass is 16.2. The summed E-state index contributed by atoms with van der Waals surface area (Å²) in [4.78, 5) is 28.5. The SMILES string of the molecule is CC1C(=O)NC(C(C)(C)C)C(=O)N1CCCCN(C)C. The third kappa shape index (κ3) is 4.20. The Morgan fingerprint density at radius 3 is 2.30 bits per heavy atom. The maximum Gasteiger partial charge on any atom is 0.246 e. The fraction of sp³-hybridized carbons (Fsp3) is 0.867. The normalized spacial score (nSPS) is 24.2. The Hall–Kier alpha value is -1.10. The predicted molar refractivity (Wildman–Crippen MR) is 80.3 cm³/mol. The van der Waals surface area contributed by atoms with Crippen LogP contribution in [0.2, 0.25) is 0 Å². The molecule has 5 nitrogen and oxygen atoms in total. The van der Waals surface area contributed by atoms with Crippen LogP contribution in [0.25, 0.3) is 0 Å². The number of piperazine rings is 1. The van der Waals surface area contributed by atoms with Gasteiger partial charge in [-0.2, -0.15) is 0 Å². The van der Waals surface area contributed by atoms with E-state index in [4.69, 9.17) is 0 Å². The van der Waals surface area contributed by atoms with E-state index < -0.39 is 6.04 Å². The van der Waals surface area contributed by atoms with Gasteiger partial charge in [-0.15, -0.1) is 0 Å². The molecule has 1 rings (SSSR count). The van der Waals surface area contributed by atoms with Gasteiger partial charge in [0.15, 0.2) is 0 Å². The molecule has 0 spiro atoms. The highest BCUT2D eigenvalue weighted by Gasteiger charge is 2.43. The number of amides is 2. The number of nitrogens with one attached hydrogen (secondary N) is 1. The lowest BCUT2D eigenvalue weighted by Crippen LogP contribution is -2.65. The van der Waals surface area contributed by atoms with Gasteiger partial charge < -0.3 is 15.1 Å². The van der Waals surface area contributed by atoms with Gasteiger partial charge in [0.05, 0.1) is 0 Å². The van der Waals surface area contributed by atoms with Gasteiger partial charge in [0.25, 0.3) is 0 Å². The minimum absolute atomic E-state index is 0.0443. The minimum atomic E-state index is -0.417. The van der Waals surface area contributed by atoms with Gasteiger partial charge in [-0.3, -0.25) is 9.59 Å². The van der Waals surface area contributed by atoms with Crippen LogP contribution >= 0.6 is 0 Å². The van der Waals surface area contributed by atoms with Crippen LogP contribution in [0.15, 0.2) is 0 Å². The van der Waals surface area contributed by atoms with Crippen LogP contribution in [-0.2, 0) is 9.59 Å². The standard InChI is InChI=1S/C15H29N3O2/c1-11-13(19)16-12(15(2,3)4)14(20)18(11)10-8-7-9-17(5)6/h11-12H,7-10H2,1-6H3,(H,16,19). The summed E-state index contributed by atoms with van der Waals surface area (Å²) in [6.07, 6.45) is 1.96. The number of rotatable bonds is 5. The van der Waals surface area contributed by atoms with E-state index in [2.05, 4.69) is 10.2 Å². The highest BCUT2D eigenvalue weighted by Crippen LogP contribution is 2.25. The molecule has 1 aliphatic rings. The first-order valence-electron chi connectivity index (χ1n) is 7.40. The summed E-state index contributed by atoms with van der Waals surface area (Å²) < 4.78 is 0. The minimum Gasteiger partial charge on any atom is -0.342 e. The number of unbranched alkanes of at least 4 members (excludes halogenated alkanes) is 1. The number of carbonyl (C=O) groups excluding carboxylic acids is 2. The number of hydrogen-bond acceptors (Lipinski definition) is 3. The Labute approximate surface area is 122 Å². The lowest BCUT2D eigenvalue weighted by Gasteiger charge is -2.42. The Morgan fingerprint density at radius 2 is 1.80 bits per heavy atom. The second kappa shape index (κ2) is 6.57. The maximum absolute atomic E-state index is 12.6. The molecule has 1 saturated heterocycles. The van der Waals surface area contributed by atoms with Gasteiger partial charge in [-0.1, -0.05) is 20.8 Å². The summed E-state index contributed by atoms with van der Waals surface area (Å²) in [6.45, 7) is 9.42. The second-order valence-corrected chi connectivity index (χ2v) is 7.03. The van der Waals surface area contributed by atoms with E-state index in [0.29, 0.717) is 6.54 Å². The van der Waals surface area contributed by atoms with Crippen molar-refractivity contribution in [2.75, 3.05) is 27.2 Å². The topological polar surface area (TPSA) is 52.7 Å². The average molecular weight is 283 g/mol. The lowest BCUT2D eigenvalue weighted by molar-refractivity contribution is -0.151. The first-order chi connectivity index (χ1) is 9.14. The Balaban J connectivity index is 2.66. The summed E-state index contributed by atoms with van der Waals surface area (Å²) >= 11 is 0. The van der Waals surface area contributed by atoms with Gasteiger partial charge in [0, 0.05) is 6.54 Å². The molecule has 0 saturated carbocycles. The highest BCUT2D eigenvalue weighted by molar-refractivity contribution is 5.97. The van der Waals surface area contributed by atoms with E-state index in [0.717, 1.165) is 19.4 Å². The molecule has 0 aliphatic carbocycles. The Morgan fingerprint density at radius 1 is 1.20 bits per heavy atom. The molecule has 5 heteroatoms. The maximum atomic E-state index is 12.6. The molecule has 0 aromatic carbocycles. The quantitative estimate of drug-likeness (QED) is 0.769. The fourth-order valence-corrected chi connectivity index (χ4v) is 2.42. The van der Waals surface area contributed by atoms with Gasteiger partial charge >= 0.3 is 0 Å². The summed E-state index contributed by atoms with van der Waals surface area (Å²) in [5.41, 5.74) is -0.255. The van der Waals surface area contributed by atoms with Crippen molar-refractivity contribution >= 4 is 11.8 Å². The van der Waals surface area contributed by atoms with Crippen molar-refractivity contribution in [3.63, 3.8) is 0 Å². The van der Waals surface area contributed by atoms with E-state index in [1.807, 2.05) is 34.9 Å². The van der Waals surface area contributed by atoms with Gasteiger partial charge in [0.1, 0.15) is 12.1 Å². The van der Waals surface area contributed by atoms with E-state index in [-0.39, 0.29) is 23.3 Å². The van der Waals surface area contributed by atoms with Gasteiger partial charge in [-0.25, -0.2) is 0 Å². The molecule has 1 fully saturated rings. The van der Waals surface area contributed by atoms with E-state index >= 15 is 0 Å². The van der Waals surface area contributed by atoms with Crippen molar-refractivity contribution in [3.8, 4) is 0 Å². The summed E-state index contributed by atoms with van der Waals surface area (Å²) in [6, 6.07) is -0.777. The Bertz CT molecular complexity index is 361. The second-order valence-electron chi connectivity index (χ2n) is 7.03. The van der Waals surface area contributed by atoms with E-state index in [9.17, 15) is 9.59 Å². The molecule has 116 valence electrons. The number of hydrogen-bond donors (Lipinski definition) is 1. The van der Waals surface area contributed by atoms with Crippen molar-refractivity contribution in [2.45, 2.75) is 52.6 Å². The van der Waals surface area contributed by atoms with Crippen molar-refractivity contribution in [3.05, 3.63) is 0 Å². The zero-order chi connectivity index (χ0) is 15.5. The molecule has 2 unspecified atom stereocenters. The van der Waals surface area contributed by atoms with Crippen molar-refractivity contribution in [2.24, 2.45) is 5.41 Å². The number of nitrogens with zero attached hydrogens (tertiary/aromatic N) is 2. The van der Waals surface area contributed by atoms with Crippen LogP contribution < -0.4 is 5.32 Å². The van der Waals surface area contributed by atoms with Crippen LogP contribution in [0.3, 0.4) is 0 Å². The molecule has 1 aliphatic heterocycles. The zero-order valence-electron chi connectivity index (χ0n) is 13.7. The molecular weight excluding hydrogens is 254 g/mol. The average Bonchev–Trinajstić information content (AvgIpc) is 2.31. The molecule has 1 heterocycles. The smallest absolute Gasteiger partial charge is 0.246 e. The number of carbonyl (C=O) groups is 2. The van der Waals surface area contributed by atoms with Crippen LogP contribution in [0.4, 0.5) is 0 Å². The molecule has 1 N–H and O–H groups in total. The van der Waals surface area contributed by atoms with Crippen molar-refractivity contribution < 1.29 is 9.59 Å². The molecule has 0 aromatic rings. The zero-order valence-corrected chi connectivity index (χ0v) is 13.7. The third-order valence-electron chi connectivity index (χ3n) is 3.78. The Kier molecular flexibility index (Phi) is 5.57. The van der Waals surface area contributed by atoms with Crippen LogP contribution in [0, 0.1) is 5.41 Å². The third-order valence-corrected chi connectivity index (χ3v) is 3.78. The first kappa shape index (κ1) is 17.0. The fourth-order valence-electron chi connectivity index (χ4n) is 2.42. The van der Waals surface area contributed by atoms with Crippen molar-refractivity contribution in [1.29, 1.82) is 0 Å². The first-order valence-corrected chi connectivity index (χ1v) is 7.40. The van der Waals surface area contributed by atoms with Crippen LogP contribution in [0.5, 0.6) is 0 Å². The molecule has 0 aromatic heterocycles. The largest absolute Gasteiger partial charge is 0.342 e.